The van der Waals surface area contributed by atoms with Gasteiger partial charge in [0.1, 0.15) is 11.6 Å². The molecule has 1 aromatic carbocycles. The van der Waals surface area contributed by atoms with Crippen molar-refractivity contribution in [3.63, 3.8) is 0 Å². The smallest absolute Gasteiger partial charge is 0.337 e. The molecule has 0 fully saturated rings. The number of aromatic nitrogens is 1. The fourth-order valence-corrected chi connectivity index (χ4v) is 1.70. The Kier molecular flexibility index (Phi) is 3.85. The molecule has 0 bridgehead atoms. The maximum atomic E-state index is 13.5. The number of ether oxygens (including phenoxy) is 1. The van der Waals surface area contributed by atoms with Crippen LogP contribution in [-0.4, -0.2) is 18.1 Å². The first kappa shape index (κ1) is 13.1. The summed E-state index contributed by atoms with van der Waals surface area (Å²) in [5.41, 5.74) is 0.619. The minimum Gasteiger partial charge on any atom is -0.465 e. The highest BCUT2D eigenvalue weighted by Crippen LogP contribution is 2.16. The van der Waals surface area contributed by atoms with Gasteiger partial charge in [0.2, 0.25) is 0 Å². The van der Waals surface area contributed by atoms with E-state index in [-0.39, 0.29) is 12.0 Å². The molecule has 0 saturated heterocycles. The number of benzene rings is 1. The average molecular weight is 263 g/mol. The van der Waals surface area contributed by atoms with Gasteiger partial charge in [0.15, 0.2) is 0 Å². The van der Waals surface area contributed by atoms with Crippen LogP contribution in [0.25, 0.3) is 0 Å². The van der Waals surface area contributed by atoms with Crippen LogP contribution in [0.3, 0.4) is 0 Å². The van der Waals surface area contributed by atoms with Crippen molar-refractivity contribution in [1.82, 2.24) is 4.98 Å². The molecular weight excluding hydrogens is 252 g/mol. The third kappa shape index (κ3) is 2.93. The topological polar surface area (TPSA) is 39.2 Å². The predicted octanol–water partition coefficient (Wildman–Crippen LogP) is 2.74. The normalized spacial score (nSPS) is 10.3. The van der Waals surface area contributed by atoms with Crippen molar-refractivity contribution in [1.29, 1.82) is 0 Å². The molecular formula is C14H11F2NO2. The van der Waals surface area contributed by atoms with Gasteiger partial charge in [-0.15, -0.1) is 0 Å². The van der Waals surface area contributed by atoms with Crippen molar-refractivity contribution in [2.45, 2.75) is 6.42 Å². The molecule has 2 rings (SSSR count). The zero-order valence-corrected chi connectivity index (χ0v) is 10.2. The van der Waals surface area contributed by atoms with E-state index in [9.17, 15) is 13.6 Å². The van der Waals surface area contributed by atoms with E-state index in [2.05, 4.69) is 9.72 Å². The van der Waals surface area contributed by atoms with Crippen LogP contribution in [0.2, 0.25) is 0 Å². The summed E-state index contributed by atoms with van der Waals surface area (Å²) >= 11 is 0. The number of halogens is 2. The molecule has 98 valence electrons. The van der Waals surface area contributed by atoms with Gasteiger partial charge >= 0.3 is 5.97 Å². The molecule has 0 N–H and O–H groups in total. The maximum absolute atomic E-state index is 13.5. The molecule has 0 aliphatic heterocycles. The first-order valence-electron chi connectivity index (χ1n) is 5.58. The Labute approximate surface area is 108 Å². The first-order valence-corrected chi connectivity index (χ1v) is 5.58. The molecule has 0 radical (unpaired) electrons. The fourth-order valence-electron chi connectivity index (χ4n) is 1.70. The highest BCUT2D eigenvalue weighted by molar-refractivity contribution is 5.89. The lowest BCUT2D eigenvalue weighted by atomic mass is 10.1. The second kappa shape index (κ2) is 5.56. The number of esters is 1. The second-order valence-electron chi connectivity index (χ2n) is 3.90. The van der Waals surface area contributed by atoms with Crippen molar-refractivity contribution in [3.8, 4) is 0 Å². The van der Waals surface area contributed by atoms with Crippen LogP contribution in [0.5, 0.6) is 0 Å². The van der Waals surface area contributed by atoms with Crippen molar-refractivity contribution in [2.75, 3.05) is 7.11 Å². The largest absolute Gasteiger partial charge is 0.465 e. The predicted molar refractivity (Wildman–Crippen MR) is 64.7 cm³/mol. The van der Waals surface area contributed by atoms with E-state index in [0.717, 1.165) is 0 Å². The second-order valence-corrected chi connectivity index (χ2v) is 3.90. The lowest BCUT2D eigenvalue weighted by molar-refractivity contribution is 0.0600. The van der Waals surface area contributed by atoms with Crippen molar-refractivity contribution < 1.29 is 18.3 Å². The molecule has 0 spiro atoms. The van der Waals surface area contributed by atoms with Crippen molar-refractivity contribution in [3.05, 3.63) is 65.0 Å². The molecule has 0 amide bonds. The van der Waals surface area contributed by atoms with Gasteiger partial charge in [0, 0.05) is 23.9 Å². The Hall–Kier alpha value is -2.30. The third-order valence-electron chi connectivity index (χ3n) is 2.66. The van der Waals surface area contributed by atoms with Crippen LogP contribution >= 0.6 is 0 Å². The van der Waals surface area contributed by atoms with Gasteiger partial charge < -0.3 is 4.74 Å². The number of hydrogen-bond acceptors (Lipinski definition) is 3. The molecule has 0 saturated carbocycles. The van der Waals surface area contributed by atoms with E-state index >= 15 is 0 Å². The van der Waals surface area contributed by atoms with Crippen LogP contribution in [0, 0.1) is 11.6 Å². The van der Waals surface area contributed by atoms with Gasteiger partial charge in [-0.25, -0.2) is 13.6 Å². The lowest BCUT2D eigenvalue weighted by Crippen LogP contribution is -2.04. The highest BCUT2D eigenvalue weighted by atomic mass is 19.1. The summed E-state index contributed by atoms with van der Waals surface area (Å²) in [6.45, 7) is 0. The number of methoxy groups -OCH3 is 1. The highest BCUT2D eigenvalue weighted by Gasteiger charge is 2.12. The fraction of sp³-hybridized carbons (Fsp3) is 0.143. The molecule has 0 aliphatic rings. The van der Waals surface area contributed by atoms with Crippen LogP contribution in [0.1, 0.15) is 21.6 Å². The maximum Gasteiger partial charge on any atom is 0.337 e. The number of pyridine rings is 1. The Morgan fingerprint density at radius 1 is 1.26 bits per heavy atom. The molecule has 0 atom stereocenters. The van der Waals surface area contributed by atoms with Crippen LogP contribution < -0.4 is 0 Å². The Morgan fingerprint density at radius 3 is 2.58 bits per heavy atom. The zero-order valence-electron chi connectivity index (χ0n) is 10.2. The molecule has 0 aliphatic carbocycles. The lowest BCUT2D eigenvalue weighted by Gasteiger charge is -2.05. The number of hydrogen-bond donors (Lipinski definition) is 0. The first-order chi connectivity index (χ1) is 9.11. The molecule has 0 unspecified atom stereocenters. The molecule has 1 aromatic heterocycles. The van der Waals surface area contributed by atoms with E-state index < -0.39 is 17.6 Å². The minimum absolute atomic E-state index is 0.0245. The standard InChI is InChI=1S/C14H11F2NO2/c1-19-14(18)9-5-6-17-10(7-9)8-11-12(15)3-2-4-13(11)16/h2-7H,8H2,1H3. The molecule has 3 nitrogen and oxygen atoms in total. The summed E-state index contributed by atoms with van der Waals surface area (Å²) < 4.78 is 31.6. The van der Waals surface area contributed by atoms with Crippen molar-refractivity contribution in [2.24, 2.45) is 0 Å². The Morgan fingerprint density at radius 2 is 1.95 bits per heavy atom. The SMILES string of the molecule is COC(=O)c1ccnc(Cc2c(F)cccc2F)c1. The third-order valence-corrected chi connectivity index (χ3v) is 2.66. The van der Waals surface area contributed by atoms with Gasteiger partial charge in [-0.3, -0.25) is 4.98 Å². The quantitative estimate of drug-likeness (QED) is 0.799. The van der Waals surface area contributed by atoms with Gasteiger partial charge in [0.05, 0.1) is 12.7 Å². The van der Waals surface area contributed by atoms with Crippen LogP contribution in [0.15, 0.2) is 36.5 Å². The number of carbonyl (C=O) groups is 1. The van der Waals surface area contributed by atoms with Crippen LogP contribution in [-0.2, 0) is 11.2 Å². The molecule has 5 heteroatoms. The summed E-state index contributed by atoms with van der Waals surface area (Å²) in [7, 11) is 1.26. The Balaban J connectivity index is 2.31. The molecule has 1 heterocycles. The van der Waals surface area contributed by atoms with Crippen LogP contribution in [0.4, 0.5) is 8.78 Å². The summed E-state index contributed by atoms with van der Waals surface area (Å²) in [6.07, 6.45) is 1.38. The van der Waals surface area contributed by atoms with E-state index in [1.807, 2.05) is 0 Å². The molecule has 2 aromatic rings. The summed E-state index contributed by atoms with van der Waals surface area (Å²) in [5, 5.41) is 0. The zero-order chi connectivity index (χ0) is 13.8. The number of nitrogens with zero attached hydrogens (tertiary/aromatic N) is 1. The van der Waals surface area contributed by atoms with E-state index in [1.165, 1.54) is 43.6 Å². The van der Waals surface area contributed by atoms with Gasteiger partial charge in [0.25, 0.3) is 0 Å². The Bertz CT molecular complexity index is 594. The molecule has 19 heavy (non-hydrogen) atoms. The monoisotopic (exact) mass is 263 g/mol. The van der Waals surface area contributed by atoms with E-state index in [1.54, 1.807) is 0 Å². The van der Waals surface area contributed by atoms with Crippen molar-refractivity contribution >= 4 is 5.97 Å². The summed E-state index contributed by atoms with van der Waals surface area (Å²) in [5.74, 6) is -1.78. The van der Waals surface area contributed by atoms with Gasteiger partial charge in [-0.1, -0.05) is 6.07 Å². The van der Waals surface area contributed by atoms with Gasteiger partial charge in [-0.05, 0) is 24.3 Å². The van der Waals surface area contributed by atoms with Gasteiger partial charge in [-0.2, -0.15) is 0 Å². The minimum atomic E-state index is -0.634. The van der Waals surface area contributed by atoms with E-state index in [4.69, 9.17) is 0 Å². The summed E-state index contributed by atoms with van der Waals surface area (Å²) in [4.78, 5) is 15.3. The average Bonchev–Trinajstić information content (AvgIpc) is 2.42. The van der Waals surface area contributed by atoms with E-state index in [0.29, 0.717) is 11.3 Å². The number of rotatable bonds is 3. The number of carbonyl (C=O) groups excluding carboxylic acids is 1. The summed E-state index contributed by atoms with van der Waals surface area (Å²) in [6, 6.07) is 6.60.